The molecule has 0 bridgehead atoms. The van der Waals surface area contributed by atoms with Crippen molar-refractivity contribution >= 4 is 29.3 Å². The van der Waals surface area contributed by atoms with Gasteiger partial charge in [-0.25, -0.2) is 0 Å². The number of thioether (sulfide) groups is 1. The Balaban J connectivity index is 1.94. The van der Waals surface area contributed by atoms with E-state index < -0.39 is 23.2 Å². The Hall–Kier alpha value is -2.47. The van der Waals surface area contributed by atoms with Crippen LogP contribution < -0.4 is 10.1 Å². The largest absolute Gasteiger partial charge is 0.495 e. The SMILES string of the molecule is COc1ccc(C)cc1NC(=O)[C@@H](C)OC(=O)[C@H](C)Sc1ccccc1. The Labute approximate surface area is 158 Å². The lowest BCUT2D eigenvalue weighted by molar-refractivity contribution is -0.152. The van der Waals surface area contributed by atoms with Gasteiger partial charge in [-0.05, 0) is 50.6 Å². The van der Waals surface area contributed by atoms with E-state index in [1.807, 2.05) is 43.3 Å². The van der Waals surface area contributed by atoms with Crippen LogP contribution in [0.3, 0.4) is 0 Å². The Bertz CT molecular complexity index is 764. The highest BCUT2D eigenvalue weighted by Gasteiger charge is 2.23. The molecule has 0 aromatic heterocycles. The Kier molecular flexibility index (Phi) is 7.09. The van der Waals surface area contributed by atoms with Crippen molar-refractivity contribution in [2.45, 2.75) is 37.0 Å². The fraction of sp³-hybridized carbons (Fsp3) is 0.300. The van der Waals surface area contributed by atoms with Gasteiger partial charge in [0.25, 0.3) is 5.91 Å². The fourth-order valence-corrected chi connectivity index (χ4v) is 3.10. The molecule has 0 aliphatic carbocycles. The molecule has 2 rings (SSSR count). The molecule has 2 aromatic carbocycles. The van der Waals surface area contributed by atoms with E-state index in [0.717, 1.165) is 10.5 Å². The Morgan fingerprint density at radius 1 is 1.08 bits per heavy atom. The molecule has 0 aliphatic rings. The third-order valence-electron chi connectivity index (χ3n) is 3.66. The predicted molar refractivity (Wildman–Crippen MR) is 104 cm³/mol. The molecule has 0 saturated carbocycles. The Morgan fingerprint density at radius 2 is 1.77 bits per heavy atom. The van der Waals surface area contributed by atoms with Crippen LogP contribution >= 0.6 is 11.8 Å². The van der Waals surface area contributed by atoms with Gasteiger partial charge in [-0.1, -0.05) is 24.3 Å². The smallest absolute Gasteiger partial charge is 0.319 e. The standard InChI is InChI=1S/C20H23NO4S/c1-13-10-11-18(24-4)17(12-13)21-19(22)14(2)25-20(23)15(3)26-16-8-6-5-7-9-16/h5-12,14-15H,1-4H3,(H,21,22)/t14-,15+/m1/s1. The van der Waals surface area contributed by atoms with E-state index in [2.05, 4.69) is 5.32 Å². The minimum Gasteiger partial charge on any atom is -0.495 e. The number of anilines is 1. The van der Waals surface area contributed by atoms with E-state index in [4.69, 9.17) is 9.47 Å². The quantitative estimate of drug-likeness (QED) is 0.586. The maximum absolute atomic E-state index is 12.4. The van der Waals surface area contributed by atoms with Crippen molar-refractivity contribution in [3.05, 3.63) is 54.1 Å². The molecule has 0 fully saturated rings. The van der Waals surface area contributed by atoms with E-state index in [1.54, 1.807) is 26.0 Å². The second-order valence-corrected chi connectivity index (χ2v) is 7.26. The number of nitrogens with one attached hydrogen (secondary N) is 1. The summed E-state index contributed by atoms with van der Waals surface area (Å²) >= 11 is 1.39. The molecule has 1 N–H and O–H groups in total. The molecule has 0 spiro atoms. The Morgan fingerprint density at radius 3 is 2.42 bits per heavy atom. The highest BCUT2D eigenvalue weighted by Crippen LogP contribution is 2.26. The number of carbonyl (C=O) groups is 2. The van der Waals surface area contributed by atoms with Crippen LogP contribution in [-0.4, -0.2) is 30.3 Å². The van der Waals surface area contributed by atoms with Crippen LogP contribution in [0.5, 0.6) is 5.75 Å². The molecular formula is C20H23NO4S. The van der Waals surface area contributed by atoms with Gasteiger partial charge in [0.1, 0.15) is 11.0 Å². The lowest BCUT2D eigenvalue weighted by atomic mass is 10.2. The van der Waals surface area contributed by atoms with Crippen LogP contribution in [0.2, 0.25) is 0 Å². The number of amides is 1. The number of benzene rings is 2. The molecule has 0 radical (unpaired) electrons. The number of aryl methyl sites for hydroxylation is 1. The van der Waals surface area contributed by atoms with Crippen LogP contribution in [0.1, 0.15) is 19.4 Å². The average Bonchev–Trinajstić information content (AvgIpc) is 2.62. The van der Waals surface area contributed by atoms with Gasteiger partial charge in [0, 0.05) is 4.90 Å². The van der Waals surface area contributed by atoms with E-state index in [0.29, 0.717) is 11.4 Å². The molecule has 0 heterocycles. The summed E-state index contributed by atoms with van der Waals surface area (Å²) in [5, 5.41) is 2.33. The zero-order valence-electron chi connectivity index (χ0n) is 15.3. The summed E-state index contributed by atoms with van der Waals surface area (Å²) in [4.78, 5) is 25.6. The summed E-state index contributed by atoms with van der Waals surface area (Å²) < 4.78 is 10.6. The lowest BCUT2D eigenvalue weighted by Crippen LogP contribution is -2.32. The number of hydrogen-bond acceptors (Lipinski definition) is 5. The first-order valence-electron chi connectivity index (χ1n) is 8.28. The van der Waals surface area contributed by atoms with Gasteiger partial charge in [-0.15, -0.1) is 11.8 Å². The van der Waals surface area contributed by atoms with Crippen molar-refractivity contribution in [3.8, 4) is 5.75 Å². The van der Waals surface area contributed by atoms with Crippen LogP contribution in [-0.2, 0) is 14.3 Å². The molecule has 0 aliphatic heterocycles. The second-order valence-electron chi connectivity index (χ2n) is 5.85. The summed E-state index contributed by atoms with van der Waals surface area (Å²) in [6.07, 6.45) is -0.911. The van der Waals surface area contributed by atoms with Crippen molar-refractivity contribution in [3.63, 3.8) is 0 Å². The molecule has 2 atom stereocenters. The number of hydrogen-bond donors (Lipinski definition) is 1. The normalized spacial score (nSPS) is 12.8. The minimum absolute atomic E-state index is 0.404. The second kappa shape index (κ2) is 9.29. The summed E-state index contributed by atoms with van der Waals surface area (Å²) in [6, 6.07) is 15.1. The van der Waals surface area contributed by atoms with Crippen LogP contribution in [0.4, 0.5) is 5.69 Å². The van der Waals surface area contributed by atoms with E-state index in [1.165, 1.54) is 18.9 Å². The molecule has 138 valence electrons. The predicted octanol–water partition coefficient (Wildman–Crippen LogP) is 4.05. The molecule has 2 aromatic rings. The number of ether oxygens (including phenoxy) is 2. The van der Waals surface area contributed by atoms with E-state index in [9.17, 15) is 9.59 Å². The molecule has 5 nitrogen and oxygen atoms in total. The molecule has 6 heteroatoms. The molecule has 0 saturated heterocycles. The fourth-order valence-electron chi connectivity index (χ4n) is 2.23. The van der Waals surface area contributed by atoms with Gasteiger partial charge in [0.15, 0.2) is 6.10 Å². The monoisotopic (exact) mass is 373 g/mol. The number of rotatable bonds is 7. The maximum Gasteiger partial charge on any atom is 0.319 e. The van der Waals surface area contributed by atoms with Gasteiger partial charge in [0.2, 0.25) is 0 Å². The van der Waals surface area contributed by atoms with E-state index in [-0.39, 0.29) is 0 Å². The van der Waals surface area contributed by atoms with Crippen LogP contribution in [0.15, 0.2) is 53.4 Å². The molecule has 0 unspecified atom stereocenters. The van der Waals surface area contributed by atoms with Crippen molar-refractivity contribution in [2.24, 2.45) is 0 Å². The van der Waals surface area contributed by atoms with Crippen molar-refractivity contribution in [1.29, 1.82) is 0 Å². The first-order valence-corrected chi connectivity index (χ1v) is 9.16. The van der Waals surface area contributed by atoms with Gasteiger partial charge >= 0.3 is 5.97 Å². The van der Waals surface area contributed by atoms with Gasteiger partial charge < -0.3 is 14.8 Å². The molecule has 1 amide bonds. The lowest BCUT2D eigenvalue weighted by Gasteiger charge is -2.17. The third kappa shape index (κ3) is 5.52. The third-order valence-corrected chi connectivity index (χ3v) is 4.75. The van der Waals surface area contributed by atoms with Crippen molar-refractivity contribution < 1.29 is 19.1 Å². The summed E-state index contributed by atoms with van der Waals surface area (Å²) in [7, 11) is 1.53. The van der Waals surface area contributed by atoms with Gasteiger partial charge in [0.05, 0.1) is 12.8 Å². The van der Waals surface area contributed by atoms with Crippen LogP contribution in [0, 0.1) is 6.92 Å². The highest BCUT2D eigenvalue weighted by atomic mass is 32.2. The van der Waals surface area contributed by atoms with Crippen molar-refractivity contribution in [2.75, 3.05) is 12.4 Å². The average molecular weight is 373 g/mol. The zero-order chi connectivity index (χ0) is 19.1. The number of esters is 1. The summed E-state index contributed by atoms with van der Waals surface area (Å²) in [5.74, 6) is -0.285. The van der Waals surface area contributed by atoms with Gasteiger partial charge in [-0.3, -0.25) is 9.59 Å². The van der Waals surface area contributed by atoms with Crippen molar-refractivity contribution in [1.82, 2.24) is 0 Å². The molecule has 26 heavy (non-hydrogen) atoms. The number of methoxy groups -OCH3 is 1. The van der Waals surface area contributed by atoms with Gasteiger partial charge in [-0.2, -0.15) is 0 Å². The van der Waals surface area contributed by atoms with E-state index >= 15 is 0 Å². The first-order chi connectivity index (χ1) is 12.4. The summed E-state index contributed by atoms with van der Waals surface area (Å²) in [5.41, 5.74) is 1.53. The number of carbonyl (C=O) groups excluding carboxylic acids is 2. The maximum atomic E-state index is 12.4. The minimum atomic E-state index is -0.911. The topological polar surface area (TPSA) is 64.6 Å². The van der Waals surface area contributed by atoms with Crippen LogP contribution in [0.25, 0.3) is 0 Å². The first kappa shape index (κ1) is 19.8. The summed E-state index contributed by atoms with van der Waals surface area (Å²) in [6.45, 7) is 5.23. The highest BCUT2D eigenvalue weighted by molar-refractivity contribution is 8.00. The molecular weight excluding hydrogens is 350 g/mol. The zero-order valence-corrected chi connectivity index (χ0v) is 16.1.